The molecule has 1 saturated carbocycles. The van der Waals surface area contributed by atoms with Crippen LogP contribution in [0.4, 0.5) is 13.2 Å². The van der Waals surface area contributed by atoms with E-state index < -0.39 is 11.9 Å². The largest absolute Gasteiger partial charge is 0.434 e. The van der Waals surface area contributed by atoms with Gasteiger partial charge in [-0.15, -0.1) is 0 Å². The first-order valence-corrected chi connectivity index (χ1v) is 11.2. The number of hydrogen-bond acceptors (Lipinski definition) is 6. The van der Waals surface area contributed by atoms with Crippen molar-refractivity contribution in [3.63, 3.8) is 0 Å². The second kappa shape index (κ2) is 8.73. The fraction of sp³-hybridized carbons (Fsp3) is 0.417. The molecule has 1 saturated heterocycles. The molecule has 10 heteroatoms. The molecule has 5 rings (SSSR count). The molecular weight excluding hydrogens is 445 g/mol. The first kappa shape index (κ1) is 22.4. The Bertz CT molecular complexity index is 1200. The molecule has 0 unspecified atom stereocenters. The van der Waals surface area contributed by atoms with Crippen LogP contribution in [0.25, 0.3) is 11.4 Å². The lowest BCUT2D eigenvalue weighted by Gasteiger charge is -2.35. The van der Waals surface area contributed by atoms with Gasteiger partial charge in [0.25, 0.3) is 5.91 Å². The summed E-state index contributed by atoms with van der Waals surface area (Å²) in [6.45, 7) is 2.44. The minimum Gasteiger partial charge on any atom is -0.334 e. The monoisotopic (exact) mass is 468 g/mol. The van der Waals surface area contributed by atoms with E-state index in [9.17, 15) is 18.0 Å². The van der Waals surface area contributed by atoms with Crippen LogP contribution in [0.1, 0.15) is 46.8 Å². The first-order chi connectivity index (χ1) is 16.3. The molecule has 0 aromatic carbocycles. The third kappa shape index (κ3) is 4.62. The maximum Gasteiger partial charge on any atom is 0.434 e. The summed E-state index contributed by atoms with van der Waals surface area (Å²) >= 11 is 0. The summed E-state index contributed by atoms with van der Waals surface area (Å²) in [6.07, 6.45) is 3.49. The molecule has 1 amide bonds. The second-order valence-electron chi connectivity index (χ2n) is 8.96. The van der Waals surface area contributed by atoms with E-state index >= 15 is 0 Å². The lowest BCUT2D eigenvalue weighted by atomic mass is 9.96. The van der Waals surface area contributed by atoms with Crippen molar-refractivity contribution in [2.75, 3.05) is 6.54 Å². The molecule has 1 aliphatic heterocycles. The molecule has 34 heavy (non-hydrogen) atoms. The van der Waals surface area contributed by atoms with Crippen molar-refractivity contribution in [2.24, 2.45) is 11.8 Å². The van der Waals surface area contributed by atoms with Crippen LogP contribution in [-0.2, 0) is 12.6 Å². The maximum absolute atomic E-state index is 13.7. The molecule has 3 aromatic heterocycles. The summed E-state index contributed by atoms with van der Waals surface area (Å²) in [4.78, 5) is 36.1. The van der Waals surface area contributed by atoms with Crippen molar-refractivity contribution in [1.29, 1.82) is 0 Å². The normalized spacial score (nSPS) is 21.8. The average molecular weight is 468 g/mol. The fourth-order valence-corrected chi connectivity index (χ4v) is 4.68. The van der Waals surface area contributed by atoms with Gasteiger partial charge in [0.05, 0.1) is 17.5 Å². The minimum absolute atomic E-state index is 0.112. The van der Waals surface area contributed by atoms with Crippen LogP contribution in [-0.4, -0.2) is 48.3 Å². The highest BCUT2D eigenvalue weighted by atomic mass is 19.4. The Hall–Kier alpha value is -3.43. The number of alkyl halides is 3. The van der Waals surface area contributed by atoms with Crippen molar-refractivity contribution in [2.45, 2.75) is 44.8 Å². The summed E-state index contributed by atoms with van der Waals surface area (Å²) in [5, 5.41) is 0. The van der Waals surface area contributed by atoms with Crippen molar-refractivity contribution < 1.29 is 18.0 Å². The fourth-order valence-electron chi connectivity index (χ4n) is 4.68. The van der Waals surface area contributed by atoms with Crippen molar-refractivity contribution in [1.82, 2.24) is 29.8 Å². The van der Waals surface area contributed by atoms with Crippen LogP contribution in [0.5, 0.6) is 0 Å². The number of rotatable bonds is 5. The Morgan fingerprint density at radius 1 is 1.09 bits per heavy atom. The average Bonchev–Trinajstić information content (AvgIpc) is 3.60. The quantitative estimate of drug-likeness (QED) is 0.560. The van der Waals surface area contributed by atoms with E-state index in [1.54, 1.807) is 18.5 Å². The predicted molar refractivity (Wildman–Crippen MR) is 116 cm³/mol. The Kier molecular flexibility index (Phi) is 5.75. The summed E-state index contributed by atoms with van der Waals surface area (Å²) in [7, 11) is 0. The maximum atomic E-state index is 13.7. The van der Waals surface area contributed by atoms with E-state index in [0.717, 1.165) is 19.0 Å². The van der Waals surface area contributed by atoms with E-state index in [4.69, 9.17) is 0 Å². The van der Waals surface area contributed by atoms with Gasteiger partial charge in [-0.05, 0) is 62.6 Å². The number of amides is 1. The zero-order valence-corrected chi connectivity index (χ0v) is 18.5. The van der Waals surface area contributed by atoms with Crippen molar-refractivity contribution in [3.8, 4) is 11.4 Å². The highest BCUT2D eigenvalue weighted by Gasteiger charge is 2.47. The van der Waals surface area contributed by atoms with Gasteiger partial charge < -0.3 is 4.90 Å². The number of nitrogens with zero attached hydrogens (tertiary/aromatic N) is 6. The lowest BCUT2D eigenvalue weighted by Crippen LogP contribution is -2.45. The smallest absolute Gasteiger partial charge is 0.334 e. The molecule has 1 aliphatic carbocycles. The third-order valence-electron chi connectivity index (χ3n) is 6.53. The number of pyridine rings is 1. The molecule has 0 N–H and O–H groups in total. The molecule has 3 aromatic rings. The molecule has 4 heterocycles. The van der Waals surface area contributed by atoms with Crippen LogP contribution in [0.3, 0.4) is 0 Å². The van der Waals surface area contributed by atoms with E-state index in [1.165, 1.54) is 6.20 Å². The number of likely N-dealkylation sites (tertiary alicyclic amines) is 1. The van der Waals surface area contributed by atoms with Gasteiger partial charge in [-0.1, -0.05) is 0 Å². The molecule has 176 valence electrons. The van der Waals surface area contributed by atoms with Gasteiger partial charge in [0.2, 0.25) is 0 Å². The van der Waals surface area contributed by atoms with Crippen LogP contribution < -0.4 is 0 Å². The molecule has 0 radical (unpaired) electrons. The van der Waals surface area contributed by atoms with Gasteiger partial charge >= 0.3 is 6.18 Å². The standard InChI is InChI=1S/C24H23F3N6O/c1-14-3-6-19(22-29-7-2-8-30-22)21(31-14)23(34)33-13-16-9-15(16)10-18(33)5-4-17-11-28-12-20(32-17)24(25,26)27/h2-3,6-8,11-12,15-16,18H,4-5,9-10,13H2,1H3/t15-,16+,18-/m1/s1. The van der Waals surface area contributed by atoms with Crippen LogP contribution in [0.2, 0.25) is 0 Å². The first-order valence-electron chi connectivity index (χ1n) is 11.2. The van der Waals surface area contributed by atoms with Gasteiger partial charge in [0, 0.05) is 36.9 Å². The summed E-state index contributed by atoms with van der Waals surface area (Å²) < 4.78 is 39.0. The van der Waals surface area contributed by atoms with Gasteiger partial charge in [-0.3, -0.25) is 9.78 Å². The summed E-state index contributed by atoms with van der Waals surface area (Å²) in [6, 6.07) is 5.22. The number of aryl methyl sites for hydroxylation is 2. The SMILES string of the molecule is Cc1ccc(-c2ncccn2)c(C(=O)N2C[C@@H]3C[C@@H]3C[C@H]2CCc2cncc(C(F)(F)F)n2)n1. The Morgan fingerprint density at radius 2 is 1.88 bits per heavy atom. The molecular formula is C24H23F3N6O. The van der Waals surface area contributed by atoms with Crippen LogP contribution >= 0.6 is 0 Å². The highest BCUT2D eigenvalue weighted by molar-refractivity contribution is 5.98. The number of piperidine rings is 1. The number of carbonyl (C=O) groups is 1. The molecule has 7 nitrogen and oxygen atoms in total. The van der Waals surface area contributed by atoms with Crippen LogP contribution in [0.15, 0.2) is 43.0 Å². The second-order valence-corrected chi connectivity index (χ2v) is 8.96. The van der Waals surface area contributed by atoms with Gasteiger partial charge in [0.15, 0.2) is 11.5 Å². The summed E-state index contributed by atoms with van der Waals surface area (Å²) in [5.41, 5.74) is 0.846. The van der Waals surface area contributed by atoms with E-state index in [-0.39, 0.29) is 17.6 Å². The molecule has 0 bridgehead atoms. The third-order valence-corrected chi connectivity index (χ3v) is 6.53. The Labute approximate surface area is 194 Å². The van der Waals surface area contributed by atoms with Crippen LogP contribution in [0, 0.1) is 18.8 Å². The van der Waals surface area contributed by atoms with Crippen molar-refractivity contribution >= 4 is 5.91 Å². The predicted octanol–water partition coefficient (Wildman–Crippen LogP) is 4.14. The number of halogens is 3. The molecule has 3 atom stereocenters. The van der Waals surface area contributed by atoms with Crippen molar-refractivity contribution in [3.05, 3.63) is 65.8 Å². The molecule has 2 aliphatic rings. The zero-order chi connectivity index (χ0) is 23.9. The van der Waals surface area contributed by atoms with E-state index in [2.05, 4.69) is 24.9 Å². The van der Waals surface area contributed by atoms with Gasteiger partial charge in [-0.2, -0.15) is 13.2 Å². The highest BCUT2D eigenvalue weighted by Crippen LogP contribution is 2.48. The molecule has 0 spiro atoms. The van der Waals surface area contributed by atoms with E-state index in [1.807, 2.05) is 24.0 Å². The number of carbonyl (C=O) groups excluding carboxylic acids is 1. The molecule has 2 fully saturated rings. The minimum atomic E-state index is -4.54. The lowest BCUT2D eigenvalue weighted by molar-refractivity contribution is -0.141. The topological polar surface area (TPSA) is 84.8 Å². The Morgan fingerprint density at radius 3 is 2.65 bits per heavy atom. The zero-order valence-electron chi connectivity index (χ0n) is 18.5. The van der Waals surface area contributed by atoms with E-state index in [0.29, 0.717) is 54.0 Å². The summed E-state index contributed by atoms with van der Waals surface area (Å²) in [5.74, 6) is 1.26. The Balaban J connectivity index is 1.40. The number of aromatic nitrogens is 5. The number of fused-ring (bicyclic) bond motifs is 1. The van der Waals surface area contributed by atoms with Gasteiger partial charge in [-0.25, -0.2) is 19.9 Å². The van der Waals surface area contributed by atoms with Gasteiger partial charge in [0.1, 0.15) is 5.69 Å². The number of hydrogen-bond donors (Lipinski definition) is 0.